The van der Waals surface area contributed by atoms with Crippen molar-refractivity contribution in [2.45, 2.75) is 39.5 Å². The second-order valence-corrected chi connectivity index (χ2v) is 4.59. The molecule has 0 aliphatic carbocycles. The Balaban J connectivity index is 2.65. The Bertz CT molecular complexity index is 343. The van der Waals surface area contributed by atoms with E-state index >= 15 is 0 Å². The number of hydrogen-bond donors (Lipinski definition) is 1. The van der Waals surface area contributed by atoms with Gasteiger partial charge < -0.3 is 10.1 Å². The van der Waals surface area contributed by atoms with Gasteiger partial charge in [-0.2, -0.15) is 0 Å². The topological polar surface area (TPSA) is 47.0 Å². The monoisotopic (exact) mass is 251 g/mol. The molecule has 0 aliphatic heterocycles. The van der Waals surface area contributed by atoms with Gasteiger partial charge in [-0.25, -0.2) is 9.97 Å². The van der Waals surface area contributed by atoms with E-state index in [0.29, 0.717) is 0 Å². The molecule has 1 N–H and O–H groups in total. The predicted octanol–water partition coefficient (Wildman–Crippen LogP) is 1.82. The standard InChI is InChI=1S/C14H25N3O/c1-11-13(7-5-9-15-3)12(2)17-14(16-11)8-6-10-18-4/h15H,5-10H2,1-4H3. The molecule has 0 saturated carbocycles. The number of ether oxygens (including phenoxy) is 1. The zero-order valence-corrected chi connectivity index (χ0v) is 12.0. The first kappa shape index (κ1) is 15.1. The highest BCUT2D eigenvalue weighted by Crippen LogP contribution is 2.13. The Kier molecular flexibility index (Phi) is 6.83. The molecule has 0 bridgehead atoms. The van der Waals surface area contributed by atoms with Crippen molar-refractivity contribution in [3.63, 3.8) is 0 Å². The number of nitrogens with zero attached hydrogens (tertiary/aromatic N) is 2. The van der Waals surface area contributed by atoms with E-state index in [1.807, 2.05) is 7.05 Å². The molecular formula is C14H25N3O. The van der Waals surface area contributed by atoms with Crippen LogP contribution in [0.5, 0.6) is 0 Å². The van der Waals surface area contributed by atoms with Crippen molar-refractivity contribution in [1.29, 1.82) is 0 Å². The van der Waals surface area contributed by atoms with Crippen molar-refractivity contribution in [1.82, 2.24) is 15.3 Å². The lowest BCUT2D eigenvalue weighted by molar-refractivity contribution is 0.194. The summed E-state index contributed by atoms with van der Waals surface area (Å²) < 4.78 is 5.05. The summed E-state index contributed by atoms with van der Waals surface area (Å²) in [5, 5.41) is 3.17. The third-order valence-corrected chi connectivity index (χ3v) is 3.07. The first-order valence-corrected chi connectivity index (χ1v) is 6.65. The molecule has 0 saturated heterocycles. The summed E-state index contributed by atoms with van der Waals surface area (Å²) >= 11 is 0. The summed E-state index contributed by atoms with van der Waals surface area (Å²) in [6, 6.07) is 0. The molecule has 0 aliphatic rings. The lowest BCUT2D eigenvalue weighted by atomic mass is 10.1. The molecule has 1 aromatic rings. The van der Waals surface area contributed by atoms with Crippen molar-refractivity contribution < 1.29 is 4.74 Å². The second kappa shape index (κ2) is 8.16. The van der Waals surface area contributed by atoms with E-state index in [0.717, 1.165) is 56.0 Å². The third-order valence-electron chi connectivity index (χ3n) is 3.07. The fraction of sp³-hybridized carbons (Fsp3) is 0.714. The molecule has 0 radical (unpaired) electrons. The lowest BCUT2D eigenvalue weighted by Crippen LogP contribution is -2.11. The lowest BCUT2D eigenvalue weighted by Gasteiger charge is -2.10. The zero-order valence-electron chi connectivity index (χ0n) is 12.0. The van der Waals surface area contributed by atoms with Gasteiger partial charge in [-0.15, -0.1) is 0 Å². The van der Waals surface area contributed by atoms with Gasteiger partial charge in [0, 0.05) is 31.5 Å². The largest absolute Gasteiger partial charge is 0.385 e. The van der Waals surface area contributed by atoms with Crippen LogP contribution in [0.15, 0.2) is 0 Å². The Morgan fingerprint density at radius 1 is 1.06 bits per heavy atom. The van der Waals surface area contributed by atoms with Crippen molar-refractivity contribution in [2.75, 3.05) is 27.3 Å². The minimum absolute atomic E-state index is 0.769. The molecule has 102 valence electrons. The van der Waals surface area contributed by atoms with Crippen LogP contribution in [-0.2, 0) is 17.6 Å². The normalized spacial score (nSPS) is 10.9. The summed E-state index contributed by atoms with van der Waals surface area (Å²) in [4.78, 5) is 9.19. The number of hydrogen-bond acceptors (Lipinski definition) is 4. The van der Waals surface area contributed by atoms with Crippen LogP contribution in [0, 0.1) is 13.8 Å². The summed E-state index contributed by atoms with van der Waals surface area (Å²) in [5.74, 6) is 0.944. The number of nitrogens with one attached hydrogen (secondary N) is 1. The Labute approximate surface area is 110 Å². The quantitative estimate of drug-likeness (QED) is 0.716. The van der Waals surface area contributed by atoms with Crippen LogP contribution in [0.3, 0.4) is 0 Å². The molecule has 1 rings (SSSR count). The molecular weight excluding hydrogens is 226 g/mol. The van der Waals surface area contributed by atoms with Gasteiger partial charge in [0.25, 0.3) is 0 Å². The Morgan fingerprint density at radius 2 is 1.72 bits per heavy atom. The van der Waals surface area contributed by atoms with Crippen LogP contribution in [0.25, 0.3) is 0 Å². The molecule has 4 heteroatoms. The zero-order chi connectivity index (χ0) is 13.4. The van der Waals surface area contributed by atoms with Gasteiger partial charge in [0.2, 0.25) is 0 Å². The highest BCUT2D eigenvalue weighted by Gasteiger charge is 2.08. The van der Waals surface area contributed by atoms with Crippen molar-refractivity contribution in [3.05, 3.63) is 22.8 Å². The maximum absolute atomic E-state index is 5.05. The molecule has 18 heavy (non-hydrogen) atoms. The smallest absolute Gasteiger partial charge is 0.128 e. The van der Waals surface area contributed by atoms with E-state index in [9.17, 15) is 0 Å². The van der Waals surface area contributed by atoms with Crippen LogP contribution in [-0.4, -0.2) is 37.3 Å². The molecule has 0 atom stereocenters. The molecule has 1 aromatic heterocycles. The first-order chi connectivity index (χ1) is 8.69. The molecule has 0 amide bonds. The average molecular weight is 251 g/mol. The molecule has 0 fully saturated rings. The van der Waals surface area contributed by atoms with E-state index < -0.39 is 0 Å². The summed E-state index contributed by atoms with van der Waals surface area (Å²) in [6.45, 7) is 5.98. The van der Waals surface area contributed by atoms with Gasteiger partial charge in [0.15, 0.2) is 0 Å². The van der Waals surface area contributed by atoms with E-state index in [1.165, 1.54) is 5.56 Å². The Morgan fingerprint density at radius 3 is 2.28 bits per heavy atom. The fourth-order valence-corrected chi connectivity index (χ4v) is 2.10. The van der Waals surface area contributed by atoms with Crippen LogP contribution in [0.2, 0.25) is 0 Å². The molecule has 0 aromatic carbocycles. The van der Waals surface area contributed by atoms with Crippen LogP contribution in [0.1, 0.15) is 35.6 Å². The van der Waals surface area contributed by atoms with Crippen molar-refractivity contribution in [2.24, 2.45) is 0 Å². The molecule has 0 unspecified atom stereocenters. The maximum Gasteiger partial charge on any atom is 0.128 e. The summed E-state index contributed by atoms with van der Waals surface area (Å²) in [5.41, 5.74) is 3.57. The van der Waals surface area contributed by atoms with E-state index in [-0.39, 0.29) is 0 Å². The molecule has 0 spiro atoms. The summed E-state index contributed by atoms with van der Waals surface area (Å²) in [7, 11) is 3.71. The second-order valence-electron chi connectivity index (χ2n) is 4.59. The summed E-state index contributed by atoms with van der Waals surface area (Å²) in [6.07, 6.45) is 4.06. The van der Waals surface area contributed by atoms with Gasteiger partial charge in [-0.05, 0) is 52.3 Å². The van der Waals surface area contributed by atoms with Crippen molar-refractivity contribution >= 4 is 0 Å². The van der Waals surface area contributed by atoms with Crippen LogP contribution >= 0.6 is 0 Å². The van der Waals surface area contributed by atoms with E-state index in [2.05, 4.69) is 29.1 Å². The number of methoxy groups -OCH3 is 1. The fourth-order valence-electron chi connectivity index (χ4n) is 2.10. The molecule has 1 heterocycles. The van der Waals surface area contributed by atoms with Gasteiger partial charge in [-0.1, -0.05) is 0 Å². The maximum atomic E-state index is 5.05. The Hall–Kier alpha value is -1.00. The number of aryl methyl sites for hydroxylation is 3. The first-order valence-electron chi connectivity index (χ1n) is 6.65. The number of aromatic nitrogens is 2. The SMILES string of the molecule is CNCCCc1c(C)nc(CCCOC)nc1C. The van der Waals surface area contributed by atoms with Gasteiger partial charge in [0.05, 0.1) is 0 Å². The van der Waals surface area contributed by atoms with Gasteiger partial charge in [0.1, 0.15) is 5.82 Å². The van der Waals surface area contributed by atoms with Gasteiger partial charge in [-0.3, -0.25) is 0 Å². The van der Waals surface area contributed by atoms with Crippen molar-refractivity contribution in [3.8, 4) is 0 Å². The number of rotatable bonds is 8. The van der Waals surface area contributed by atoms with Crippen LogP contribution in [0.4, 0.5) is 0 Å². The minimum Gasteiger partial charge on any atom is -0.385 e. The van der Waals surface area contributed by atoms with E-state index in [4.69, 9.17) is 4.74 Å². The van der Waals surface area contributed by atoms with Crippen LogP contribution < -0.4 is 5.32 Å². The predicted molar refractivity (Wildman–Crippen MR) is 74.0 cm³/mol. The molecule has 4 nitrogen and oxygen atoms in total. The third kappa shape index (κ3) is 4.70. The highest BCUT2D eigenvalue weighted by molar-refractivity contribution is 5.24. The highest BCUT2D eigenvalue weighted by atomic mass is 16.5. The minimum atomic E-state index is 0.769. The van der Waals surface area contributed by atoms with E-state index in [1.54, 1.807) is 7.11 Å². The average Bonchev–Trinajstić information content (AvgIpc) is 2.33. The van der Waals surface area contributed by atoms with Gasteiger partial charge >= 0.3 is 0 Å².